The van der Waals surface area contributed by atoms with Crippen LogP contribution in [0.3, 0.4) is 0 Å². The summed E-state index contributed by atoms with van der Waals surface area (Å²) in [7, 11) is 0. The number of cyclic esters (lactones) is 1. The van der Waals surface area contributed by atoms with Crippen LogP contribution >= 0.6 is 0 Å². The summed E-state index contributed by atoms with van der Waals surface area (Å²) in [6, 6.07) is 0. The normalized spacial score (nSPS) is 35.1. The molecule has 2 rings (SSSR count). The lowest BCUT2D eigenvalue weighted by Crippen LogP contribution is -2.50. The molecule has 0 saturated carbocycles. The molecule has 0 aromatic rings. The van der Waals surface area contributed by atoms with Crippen molar-refractivity contribution in [3.05, 3.63) is 11.6 Å². The molecular formula is C11H16O3. The van der Waals surface area contributed by atoms with Crippen molar-refractivity contribution >= 4 is 6.16 Å². The molecule has 0 spiro atoms. The zero-order valence-corrected chi connectivity index (χ0v) is 8.87. The monoisotopic (exact) mass is 196 g/mol. The molecule has 78 valence electrons. The molecule has 1 heterocycles. The van der Waals surface area contributed by atoms with Gasteiger partial charge in [0.05, 0.1) is 0 Å². The molecule has 0 aromatic carbocycles. The molecular weight excluding hydrogens is 180 g/mol. The molecule has 2 aliphatic rings. The fraction of sp³-hybridized carbons (Fsp3) is 0.727. The predicted molar refractivity (Wildman–Crippen MR) is 51.9 cm³/mol. The minimum absolute atomic E-state index is 0.0833. The van der Waals surface area contributed by atoms with E-state index < -0.39 is 11.8 Å². The topological polar surface area (TPSA) is 35.5 Å². The fourth-order valence-corrected chi connectivity index (χ4v) is 2.31. The smallest absolute Gasteiger partial charge is 0.428 e. The third-order valence-electron chi connectivity index (χ3n) is 3.17. The number of carbonyl (C=O) groups is 1. The minimum Gasteiger partial charge on any atom is -0.428 e. The second-order valence-electron chi connectivity index (χ2n) is 4.70. The molecule has 0 radical (unpaired) electrons. The van der Waals surface area contributed by atoms with Crippen molar-refractivity contribution in [2.45, 2.75) is 45.3 Å². The average Bonchev–Trinajstić information content (AvgIpc) is 2.00. The highest BCUT2D eigenvalue weighted by Gasteiger charge is 2.45. The van der Waals surface area contributed by atoms with Crippen LogP contribution in [0.15, 0.2) is 11.6 Å². The van der Waals surface area contributed by atoms with Gasteiger partial charge in [-0.25, -0.2) is 4.79 Å². The molecule has 1 aliphatic heterocycles. The van der Waals surface area contributed by atoms with Gasteiger partial charge in [0, 0.05) is 5.92 Å². The molecule has 1 fully saturated rings. The Hall–Kier alpha value is -0.990. The molecule has 14 heavy (non-hydrogen) atoms. The predicted octanol–water partition coefficient (Wildman–Crippen LogP) is 2.66. The average molecular weight is 196 g/mol. The summed E-state index contributed by atoms with van der Waals surface area (Å²) in [5.74, 6) is 0.295. The van der Waals surface area contributed by atoms with Crippen LogP contribution in [0.5, 0.6) is 0 Å². The van der Waals surface area contributed by atoms with Gasteiger partial charge in [-0.2, -0.15) is 0 Å². The maximum atomic E-state index is 11.2. The highest BCUT2D eigenvalue weighted by Crippen LogP contribution is 2.39. The van der Waals surface area contributed by atoms with E-state index in [1.807, 2.05) is 13.8 Å². The van der Waals surface area contributed by atoms with Gasteiger partial charge in [-0.15, -0.1) is 0 Å². The second kappa shape index (κ2) is 3.01. The van der Waals surface area contributed by atoms with Crippen molar-refractivity contribution < 1.29 is 14.3 Å². The van der Waals surface area contributed by atoms with Crippen LogP contribution in [0.25, 0.3) is 0 Å². The lowest BCUT2D eigenvalue weighted by atomic mass is 9.77. The highest BCUT2D eigenvalue weighted by molar-refractivity contribution is 5.62. The van der Waals surface area contributed by atoms with Crippen LogP contribution in [0.1, 0.15) is 33.6 Å². The van der Waals surface area contributed by atoms with Crippen LogP contribution in [0.2, 0.25) is 0 Å². The first kappa shape index (κ1) is 9.56. The first-order valence-electron chi connectivity index (χ1n) is 5.06. The van der Waals surface area contributed by atoms with E-state index in [-0.39, 0.29) is 6.10 Å². The number of ether oxygens (including phenoxy) is 2. The van der Waals surface area contributed by atoms with Crippen LogP contribution in [-0.2, 0) is 9.47 Å². The minimum atomic E-state index is -0.540. The molecule has 0 amide bonds. The quantitative estimate of drug-likeness (QED) is 0.441. The van der Waals surface area contributed by atoms with Crippen molar-refractivity contribution in [2.24, 2.45) is 5.92 Å². The lowest BCUT2D eigenvalue weighted by molar-refractivity contribution is -0.132. The van der Waals surface area contributed by atoms with E-state index in [1.54, 1.807) is 0 Å². The summed E-state index contributed by atoms with van der Waals surface area (Å²) in [5, 5.41) is 0. The first-order chi connectivity index (χ1) is 6.49. The van der Waals surface area contributed by atoms with E-state index in [1.165, 1.54) is 5.57 Å². The van der Waals surface area contributed by atoms with E-state index in [9.17, 15) is 4.79 Å². The second-order valence-corrected chi connectivity index (χ2v) is 4.70. The molecule has 0 aromatic heterocycles. The van der Waals surface area contributed by atoms with Gasteiger partial charge < -0.3 is 9.47 Å². The van der Waals surface area contributed by atoms with Crippen LogP contribution in [0, 0.1) is 5.92 Å². The van der Waals surface area contributed by atoms with Crippen LogP contribution < -0.4 is 0 Å². The Kier molecular flexibility index (Phi) is 2.05. The number of rotatable bonds is 0. The Balaban J connectivity index is 2.26. The Bertz CT molecular complexity index is 291. The summed E-state index contributed by atoms with van der Waals surface area (Å²) in [6.07, 6.45) is 3.54. The number of fused-ring (bicyclic) bond motifs is 1. The number of hydrogen-bond acceptors (Lipinski definition) is 3. The van der Waals surface area contributed by atoms with Crippen LogP contribution in [-0.4, -0.2) is 17.9 Å². The molecule has 3 nitrogen and oxygen atoms in total. The van der Waals surface area contributed by atoms with Gasteiger partial charge in [-0.1, -0.05) is 5.57 Å². The van der Waals surface area contributed by atoms with Crippen molar-refractivity contribution in [3.63, 3.8) is 0 Å². The molecule has 0 unspecified atom stereocenters. The van der Waals surface area contributed by atoms with E-state index in [0.29, 0.717) is 5.92 Å². The van der Waals surface area contributed by atoms with Gasteiger partial charge in [0.15, 0.2) is 0 Å². The maximum absolute atomic E-state index is 11.2. The van der Waals surface area contributed by atoms with Gasteiger partial charge in [0.1, 0.15) is 11.7 Å². The summed E-state index contributed by atoms with van der Waals surface area (Å²) >= 11 is 0. The summed E-state index contributed by atoms with van der Waals surface area (Å²) in [5.41, 5.74) is 0.911. The van der Waals surface area contributed by atoms with Gasteiger partial charge in [0.2, 0.25) is 0 Å². The van der Waals surface area contributed by atoms with Gasteiger partial charge in [-0.3, -0.25) is 0 Å². The van der Waals surface area contributed by atoms with E-state index in [2.05, 4.69) is 13.0 Å². The highest BCUT2D eigenvalue weighted by atomic mass is 16.7. The molecule has 0 bridgehead atoms. The lowest BCUT2D eigenvalue weighted by Gasteiger charge is -2.43. The molecule has 0 N–H and O–H groups in total. The van der Waals surface area contributed by atoms with Crippen molar-refractivity contribution in [1.29, 1.82) is 0 Å². The maximum Gasteiger partial charge on any atom is 0.509 e. The number of allylic oxidation sites excluding steroid dienone is 1. The Morgan fingerprint density at radius 1 is 1.50 bits per heavy atom. The van der Waals surface area contributed by atoms with E-state index >= 15 is 0 Å². The molecule has 1 aliphatic carbocycles. The Morgan fingerprint density at radius 3 is 2.93 bits per heavy atom. The standard InChI is InChI=1S/C11H16O3/c1-7-4-5-8-9(6-7)13-10(12)14-11(8,2)3/h6,8-9H,4-5H2,1-3H3/t8-,9+/m1/s1. The first-order valence-corrected chi connectivity index (χ1v) is 5.06. The number of carbonyl (C=O) groups excluding carboxylic acids is 1. The van der Waals surface area contributed by atoms with Gasteiger partial charge in [-0.05, 0) is 39.7 Å². The molecule has 3 heteroatoms. The Morgan fingerprint density at radius 2 is 2.21 bits per heavy atom. The third kappa shape index (κ3) is 1.51. The summed E-state index contributed by atoms with van der Waals surface area (Å²) < 4.78 is 10.3. The SMILES string of the molecule is CC1=C[C@@H]2OC(=O)OC(C)(C)[C@@H]2CC1. The largest absolute Gasteiger partial charge is 0.509 e. The van der Waals surface area contributed by atoms with Gasteiger partial charge in [0.25, 0.3) is 0 Å². The van der Waals surface area contributed by atoms with Crippen LogP contribution in [0.4, 0.5) is 4.79 Å². The van der Waals surface area contributed by atoms with E-state index in [0.717, 1.165) is 12.8 Å². The molecule has 1 saturated heterocycles. The zero-order chi connectivity index (χ0) is 10.3. The van der Waals surface area contributed by atoms with Crippen molar-refractivity contribution in [1.82, 2.24) is 0 Å². The Labute approximate surface area is 84.1 Å². The summed E-state index contributed by atoms with van der Waals surface area (Å²) in [4.78, 5) is 11.2. The van der Waals surface area contributed by atoms with E-state index in [4.69, 9.17) is 9.47 Å². The number of hydrogen-bond donors (Lipinski definition) is 0. The third-order valence-corrected chi connectivity index (χ3v) is 3.17. The molecule has 2 atom stereocenters. The van der Waals surface area contributed by atoms with Gasteiger partial charge >= 0.3 is 6.16 Å². The summed E-state index contributed by atoms with van der Waals surface area (Å²) in [6.45, 7) is 5.99. The fourth-order valence-electron chi connectivity index (χ4n) is 2.31. The van der Waals surface area contributed by atoms with Crippen molar-refractivity contribution in [3.8, 4) is 0 Å². The zero-order valence-electron chi connectivity index (χ0n) is 8.87. The van der Waals surface area contributed by atoms with Crippen molar-refractivity contribution in [2.75, 3.05) is 0 Å².